The molecule has 2 heterocycles. The predicted octanol–water partition coefficient (Wildman–Crippen LogP) is 4.85. The summed E-state index contributed by atoms with van der Waals surface area (Å²) in [4.78, 5) is 12.5. The maximum Gasteiger partial charge on any atom is 0.417 e. The maximum atomic E-state index is 13.2. The van der Waals surface area contributed by atoms with Gasteiger partial charge in [0.15, 0.2) is 0 Å². The molecule has 2 aromatic rings. The third kappa shape index (κ3) is 4.15. The lowest BCUT2D eigenvalue weighted by molar-refractivity contribution is -0.143. The number of aromatic nitrogens is 2. The highest BCUT2D eigenvalue weighted by Crippen LogP contribution is 2.38. The zero-order valence-electron chi connectivity index (χ0n) is 13.8. The van der Waals surface area contributed by atoms with Crippen LogP contribution in [-0.2, 0) is 17.1 Å². The van der Waals surface area contributed by atoms with Crippen LogP contribution in [0.25, 0.3) is 0 Å². The van der Waals surface area contributed by atoms with Crippen LogP contribution < -0.4 is 0 Å². The van der Waals surface area contributed by atoms with Gasteiger partial charge in [0, 0.05) is 18.4 Å². The second kappa shape index (κ2) is 6.99. The molecular formula is C17H14F6N2O2. The number of alkyl halides is 6. The Bertz CT molecular complexity index is 835. The average Bonchev–Trinajstić information content (AvgIpc) is 3.10. The number of hydrogen-bond acceptors (Lipinski definition) is 3. The van der Waals surface area contributed by atoms with Gasteiger partial charge in [-0.2, -0.15) is 31.4 Å². The predicted molar refractivity (Wildman–Crippen MR) is 80.9 cm³/mol. The summed E-state index contributed by atoms with van der Waals surface area (Å²) in [5.74, 6) is -1.11. The standard InChI is InChI=1S/C17H14F6N2O2/c18-16(19,20)10-4-5-11(12(9-10)17(21,22)23)15(26)13-6-7-25(24-13)14-3-1-2-8-27-14/h4-7,9,14H,1-3,8H2. The molecule has 1 aromatic heterocycles. The largest absolute Gasteiger partial charge is 0.417 e. The van der Waals surface area contributed by atoms with Crippen LogP contribution in [0, 0.1) is 0 Å². The highest BCUT2D eigenvalue weighted by Gasteiger charge is 2.39. The van der Waals surface area contributed by atoms with Crippen molar-refractivity contribution >= 4 is 5.78 Å². The van der Waals surface area contributed by atoms with Crippen molar-refractivity contribution in [2.75, 3.05) is 6.61 Å². The van der Waals surface area contributed by atoms with Gasteiger partial charge in [0.1, 0.15) is 11.9 Å². The Balaban J connectivity index is 1.95. The third-order valence-corrected chi connectivity index (χ3v) is 4.19. The van der Waals surface area contributed by atoms with E-state index in [1.54, 1.807) is 0 Å². The molecule has 1 aliphatic rings. The van der Waals surface area contributed by atoms with Gasteiger partial charge in [0.2, 0.25) is 5.78 Å². The van der Waals surface area contributed by atoms with E-state index in [1.807, 2.05) is 0 Å². The second-order valence-electron chi connectivity index (χ2n) is 6.09. The molecule has 1 atom stereocenters. The highest BCUT2D eigenvalue weighted by molar-refractivity contribution is 6.08. The highest BCUT2D eigenvalue weighted by atomic mass is 19.4. The Morgan fingerprint density at radius 2 is 1.81 bits per heavy atom. The van der Waals surface area contributed by atoms with Crippen molar-refractivity contribution in [2.24, 2.45) is 0 Å². The zero-order chi connectivity index (χ0) is 19.8. The molecule has 1 unspecified atom stereocenters. The number of ketones is 1. The van der Waals surface area contributed by atoms with Crippen LogP contribution in [0.3, 0.4) is 0 Å². The molecule has 4 nitrogen and oxygen atoms in total. The number of ether oxygens (including phenoxy) is 1. The fourth-order valence-electron chi connectivity index (χ4n) is 2.84. The van der Waals surface area contributed by atoms with Crippen LogP contribution >= 0.6 is 0 Å². The van der Waals surface area contributed by atoms with Crippen LogP contribution in [0.15, 0.2) is 30.5 Å². The number of carbonyl (C=O) groups is 1. The zero-order valence-corrected chi connectivity index (χ0v) is 13.8. The Morgan fingerprint density at radius 1 is 1.07 bits per heavy atom. The summed E-state index contributed by atoms with van der Waals surface area (Å²) in [5.41, 5.74) is -4.31. The van der Waals surface area contributed by atoms with Crippen molar-refractivity contribution in [3.8, 4) is 0 Å². The van der Waals surface area contributed by atoms with E-state index in [4.69, 9.17) is 4.74 Å². The monoisotopic (exact) mass is 392 g/mol. The molecule has 1 fully saturated rings. The summed E-state index contributed by atoms with van der Waals surface area (Å²) in [6, 6.07) is 2.14. The van der Waals surface area contributed by atoms with E-state index in [-0.39, 0.29) is 11.8 Å². The van der Waals surface area contributed by atoms with E-state index < -0.39 is 41.1 Å². The third-order valence-electron chi connectivity index (χ3n) is 4.19. The van der Waals surface area contributed by atoms with Gasteiger partial charge in [-0.25, -0.2) is 4.68 Å². The van der Waals surface area contributed by atoms with Crippen LogP contribution in [0.5, 0.6) is 0 Å². The maximum absolute atomic E-state index is 13.2. The molecule has 0 saturated carbocycles. The molecule has 10 heteroatoms. The summed E-state index contributed by atoms with van der Waals surface area (Å²) >= 11 is 0. The molecule has 1 aliphatic heterocycles. The lowest BCUT2D eigenvalue weighted by Gasteiger charge is -2.22. The van der Waals surface area contributed by atoms with Crippen LogP contribution in [0.1, 0.15) is 52.7 Å². The SMILES string of the molecule is O=C(c1ccn(C2CCCCO2)n1)c1ccc(C(F)(F)F)cc1C(F)(F)F. The van der Waals surface area contributed by atoms with Crippen molar-refractivity contribution < 1.29 is 35.9 Å². The fourth-order valence-corrected chi connectivity index (χ4v) is 2.84. The van der Waals surface area contributed by atoms with E-state index in [0.717, 1.165) is 12.8 Å². The van der Waals surface area contributed by atoms with Gasteiger partial charge in [0.25, 0.3) is 0 Å². The average molecular weight is 392 g/mol. The summed E-state index contributed by atoms with van der Waals surface area (Å²) < 4.78 is 84.7. The fraction of sp³-hybridized carbons (Fsp3) is 0.412. The van der Waals surface area contributed by atoms with Gasteiger partial charge in [-0.05, 0) is 43.5 Å². The number of hydrogen-bond donors (Lipinski definition) is 0. The molecule has 1 saturated heterocycles. The first-order valence-corrected chi connectivity index (χ1v) is 8.07. The molecule has 0 radical (unpaired) electrons. The first-order chi connectivity index (χ1) is 12.6. The molecule has 3 rings (SSSR count). The van der Waals surface area contributed by atoms with E-state index in [9.17, 15) is 31.1 Å². The van der Waals surface area contributed by atoms with Gasteiger partial charge in [0.05, 0.1) is 11.1 Å². The van der Waals surface area contributed by atoms with E-state index in [1.165, 1.54) is 16.9 Å². The van der Waals surface area contributed by atoms with Crippen molar-refractivity contribution in [1.29, 1.82) is 0 Å². The lowest BCUT2D eigenvalue weighted by Crippen LogP contribution is -2.20. The van der Waals surface area contributed by atoms with Gasteiger partial charge in [-0.3, -0.25) is 4.79 Å². The Hall–Kier alpha value is -2.36. The first kappa shape index (κ1) is 19.4. The number of nitrogens with zero attached hydrogens (tertiary/aromatic N) is 2. The minimum atomic E-state index is -5.12. The Morgan fingerprint density at radius 3 is 2.41 bits per heavy atom. The van der Waals surface area contributed by atoms with Gasteiger partial charge in [-0.1, -0.05) is 0 Å². The number of halogens is 6. The van der Waals surface area contributed by atoms with Crippen LogP contribution in [0.4, 0.5) is 26.3 Å². The quantitative estimate of drug-likeness (QED) is 0.554. The summed E-state index contributed by atoms with van der Waals surface area (Å²) in [6.45, 7) is 0.505. The van der Waals surface area contributed by atoms with E-state index in [2.05, 4.69) is 5.10 Å². The lowest BCUT2D eigenvalue weighted by atomic mass is 9.98. The second-order valence-corrected chi connectivity index (χ2v) is 6.09. The minimum absolute atomic E-state index is 0.0610. The van der Waals surface area contributed by atoms with Crippen molar-refractivity contribution in [3.63, 3.8) is 0 Å². The first-order valence-electron chi connectivity index (χ1n) is 8.07. The van der Waals surface area contributed by atoms with Gasteiger partial charge < -0.3 is 4.74 Å². The summed E-state index contributed by atoms with van der Waals surface area (Å²) in [5, 5.41) is 3.96. The molecule has 0 amide bonds. The Labute approximate surface area is 149 Å². The van der Waals surface area contributed by atoms with Crippen LogP contribution in [-0.4, -0.2) is 22.2 Å². The number of rotatable bonds is 3. The summed E-state index contributed by atoms with van der Waals surface area (Å²) in [7, 11) is 0. The molecule has 27 heavy (non-hydrogen) atoms. The van der Waals surface area contributed by atoms with Crippen molar-refractivity contribution in [1.82, 2.24) is 9.78 Å². The molecule has 146 valence electrons. The van der Waals surface area contributed by atoms with Crippen LogP contribution in [0.2, 0.25) is 0 Å². The smallest absolute Gasteiger partial charge is 0.357 e. The topological polar surface area (TPSA) is 44.1 Å². The molecular weight excluding hydrogens is 378 g/mol. The Kier molecular flexibility index (Phi) is 5.02. The molecule has 0 aliphatic carbocycles. The van der Waals surface area contributed by atoms with E-state index in [0.29, 0.717) is 25.2 Å². The normalized spacial score (nSPS) is 18.5. The van der Waals surface area contributed by atoms with Crippen molar-refractivity contribution in [2.45, 2.75) is 37.8 Å². The minimum Gasteiger partial charge on any atom is -0.357 e. The molecule has 0 spiro atoms. The molecule has 0 bridgehead atoms. The van der Waals surface area contributed by atoms with E-state index >= 15 is 0 Å². The summed E-state index contributed by atoms with van der Waals surface area (Å²) in [6.07, 6.45) is -6.70. The molecule has 0 N–H and O–H groups in total. The number of carbonyl (C=O) groups excluding carboxylic acids is 1. The van der Waals surface area contributed by atoms with Gasteiger partial charge in [-0.15, -0.1) is 0 Å². The molecule has 1 aromatic carbocycles. The van der Waals surface area contributed by atoms with Gasteiger partial charge >= 0.3 is 12.4 Å². The number of benzene rings is 1. The van der Waals surface area contributed by atoms with Crippen molar-refractivity contribution in [3.05, 3.63) is 52.8 Å².